The van der Waals surface area contributed by atoms with Gasteiger partial charge in [-0.05, 0) is 33.6 Å². The van der Waals surface area contributed by atoms with Gasteiger partial charge in [-0.1, -0.05) is 23.4 Å². The fourth-order valence-electron chi connectivity index (χ4n) is 2.47. The minimum atomic E-state index is 0.0313. The maximum Gasteiger partial charge on any atom is 0.249 e. The maximum absolute atomic E-state index is 5.41. The van der Waals surface area contributed by atoms with Crippen molar-refractivity contribution in [3.8, 4) is 11.4 Å². The van der Waals surface area contributed by atoms with E-state index >= 15 is 0 Å². The predicted octanol–water partition coefficient (Wildman–Crippen LogP) is 3.60. The minimum Gasteiger partial charge on any atom is -0.373 e. The highest BCUT2D eigenvalue weighted by Crippen LogP contribution is 2.33. The number of rotatable bonds is 2. The van der Waals surface area contributed by atoms with Crippen molar-refractivity contribution in [3.63, 3.8) is 0 Å². The highest BCUT2D eigenvalue weighted by Gasteiger charge is 2.26. The van der Waals surface area contributed by atoms with Gasteiger partial charge in [0.15, 0.2) is 0 Å². The predicted molar refractivity (Wildman–Crippen MR) is 81.7 cm³/mol. The van der Waals surface area contributed by atoms with Crippen molar-refractivity contribution in [1.29, 1.82) is 0 Å². The lowest BCUT2D eigenvalue weighted by molar-refractivity contribution is 0.364. The molecule has 3 aromatic rings. The molecule has 1 atom stereocenters. The van der Waals surface area contributed by atoms with E-state index in [0.29, 0.717) is 11.7 Å². The van der Waals surface area contributed by atoms with Gasteiger partial charge in [0.05, 0.1) is 0 Å². The molecule has 0 saturated heterocycles. The maximum atomic E-state index is 5.41. The zero-order valence-electron chi connectivity index (χ0n) is 11.0. The van der Waals surface area contributed by atoms with Crippen LogP contribution in [0.4, 0.5) is 5.69 Å². The van der Waals surface area contributed by atoms with Gasteiger partial charge in [0, 0.05) is 34.5 Å². The number of para-hydroxylation sites is 1. The standard InChI is InChI=1S/C15H11BrN4O/c16-11-5-10(7-17-8-11)14-19-15(21-20-14)13-6-9-3-1-2-4-12(9)18-13/h1-5,7-8,13,18H,6H2/t13-/m0/s1. The number of fused-ring (bicyclic) bond motifs is 1. The lowest BCUT2D eigenvalue weighted by atomic mass is 10.1. The molecule has 104 valence electrons. The van der Waals surface area contributed by atoms with E-state index in [1.54, 1.807) is 12.4 Å². The van der Waals surface area contributed by atoms with Gasteiger partial charge in [-0.15, -0.1) is 0 Å². The molecule has 0 fully saturated rings. The average molecular weight is 343 g/mol. The molecule has 0 aliphatic carbocycles. The van der Waals surface area contributed by atoms with Crippen LogP contribution in [0.5, 0.6) is 0 Å². The van der Waals surface area contributed by atoms with Crippen molar-refractivity contribution < 1.29 is 4.52 Å². The topological polar surface area (TPSA) is 63.8 Å². The van der Waals surface area contributed by atoms with E-state index in [9.17, 15) is 0 Å². The third-order valence-electron chi connectivity index (χ3n) is 3.47. The highest BCUT2D eigenvalue weighted by atomic mass is 79.9. The molecule has 0 bridgehead atoms. The quantitative estimate of drug-likeness (QED) is 0.770. The van der Waals surface area contributed by atoms with E-state index in [1.165, 1.54) is 5.56 Å². The summed E-state index contributed by atoms with van der Waals surface area (Å²) in [5.74, 6) is 1.15. The number of pyridine rings is 1. The molecule has 6 heteroatoms. The summed E-state index contributed by atoms with van der Waals surface area (Å²) in [5.41, 5.74) is 3.23. The van der Waals surface area contributed by atoms with Gasteiger partial charge in [0.1, 0.15) is 6.04 Å². The molecule has 1 aliphatic heterocycles. The van der Waals surface area contributed by atoms with Gasteiger partial charge in [-0.2, -0.15) is 4.98 Å². The molecule has 0 spiro atoms. The molecule has 4 rings (SSSR count). The normalized spacial score (nSPS) is 16.5. The molecule has 0 radical (unpaired) electrons. The van der Waals surface area contributed by atoms with E-state index in [1.807, 2.05) is 18.2 Å². The van der Waals surface area contributed by atoms with Crippen LogP contribution in [0.25, 0.3) is 11.4 Å². The van der Waals surface area contributed by atoms with Crippen molar-refractivity contribution in [2.24, 2.45) is 0 Å². The van der Waals surface area contributed by atoms with Crippen molar-refractivity contribution in [3.05, 3.63) is 58.7 Å². The lowest BCUT2D eigenvalue weighted by Crippen LogP contribution is -2.05. The largest absolute Gasteiger partial charge is 0.373 e. The number of aromatic nitrogens is 3. The van der Waals surface area contributed by atoms with Crippen LogP contribution in [0.1, 0.15) is 17.5 Å². The fourth-order valence-corrected chi connectivity index (χ4v) is 2.84. The lowest BCUT2D eigenvalue weighted by Gasteiger charge is -2.04. The molecule has 0 unspecified atom stereocenters. The van der Waals surface area contributed by atoms with Crippen LogP contribution in [0.3, 0.4) is 0 Å². The monoisotopic (exact) mass is 342 g/mol. The Balaban J connectivity index is 1.62. The van der Waals surface area contributed by atoms with E-state index < -0.39 is 0 Å². The minimum absolute atomic E-state index is 0.0313. The second-order valence-corrected chi connectivity index (χ2v) is 5.82. The summed E-state index contributed by atoms with van der Waals surface area (Å²) in [7, 11) is 0. The molecular weight excluding hydrogens is 332 g/mol. The first-order chi connectivity index (χ1) is 10.3. The van der Waals surface area contributed by atoms with Crippen molar-refractivity contribution in [2.45, 2.75) is 12.5 Å². The van der Waals surface area contributed by atoms with E-state index in [0.717, 1.165) is 22.1 Å². The van der Waals surface area contributed by atoms with Crippen LogP contribution < -0.4 is 5.32 Å². The SMILES string of the molecule is Brc1cncc(-c2noc([C@@H]3Cc4ccccc4N3)n2)c1. The summed E-state index contributed by atoms with van der Waals surface area (Å²) < 4.78 is 6.29. The van der Waals surface area contributed by atoms with E-state index in [2.05, 4.69) is 48.5 Å². The Morgan fingerprint density at radius 1 is 1.24 bits per heavy atom. The number of nitrogens with one attached hydrogen (secondary N) is 1. The van der Waals surface area contributed by atoms with Crippen LogP contribution in [-0.4, -0.2) is 15.1 Å². The van der Waals surface area contributed by atoms with Crippen LogP contribution >= 0.6 is 15.9 Å². The third-order valence-corrected chi connectivity index (χ3v) is 3.91. The first-order valence-electron chi connectivity index (χ1n) is 6.58. The second kappa shape index (κ2) is 4.96. The Hall–Kier alpha value is -2.21. The Morgan fingerprint density at radius 3 is 3.00 bits per heavy atom. The van der Waals surface area contributed by atoms with Crippen LogP contribution in [0.2, 0.25) is 0 Å². The first kappa shape index (κ1) is 12.5. The van der Waals surface area contributed by atoms with Crippen molar-refractivity contribution >= 4 is 21.6 Å². The van der Waals surface area contributed by atoms with Gasteiger partial charge in [-0.25, -0.2) is 0 Å². The molecule has 3 heterocycles. The molecule has 1 N–H and O–H groups in total. The summed E-state index contributed by atoms with van der Waals surface area (Å²) in [6, 6.07) is 10.2. The molecule has 5 nitrogen and oxygen atoms in total. The van der Waals surface area contributed by atoms with Crippen LogP contribution in [0.15, 0.2) is 51.7 Å². The zero-order valence-corrected chi connectivity index (χ0v) is 12.5. The van der Waals surface area contributed by atoms with Crippen LogP contribution in [0, 0.1) is 0 Å². The average Bonchev–Trinajstić information content (AvgIpc) is 3.14. The number of hydrogen-bond donors (Lipinski definition) is 1. The summed E-state index contributed by atoms with van der Waals surface area (Å²) in [4.78, 5) is 8.60. The van der Waals surface area contributed by atoms with Crippen molar-refractivity contribution in [2.75, 3.05) is 5.32 Å². The Labute approximate surface area is 129 Å². The summed E-state index contributed by atoms with van der Waals surface area (Å²) in [6.45, 7) is 0. The van der Waals surface area contributed by atoms with Crippen LogP contribution in [-0.2, 0) is 6.42 Å². The second-order valence-electron chi connectivity index (χ2n) is 4.91. The molecule has 0 saturated carbocycles. The summed E-state index contributed by atoms with van der Waals surface area (Å²) >= 11 is 3.39. The van der Waals surface area contributed by atoms with Crippen molar-refractivity contribution in [1.82, 2.24) is 15.1 Å². The number of anilines is 1. The smallest absolute Gasteiger partial charge is 0.249 e. The number of hydrogen-bond acceptors (Lipinski definition) is 5. The summed E-state index contributed by atoms with van der Waals surface area (Å²) in [5, 5.41) is 7.45. The molecular formula is C15H11BrN4O. The first-order valence-corrected chi connectivity index (χ1v) is 7.38. The van der Waals surface area contributed by atoms with E-state index in [4.69, 9.17) is 4.52 Å². The molecule has 2 aromatic heterocycles. The third kappa shape index (κ3) is 2.31. The van der Waals surface area contributed by atoms with E-state index in [-0.39, 0.29) is 6.04 Å². The van der Waals surface area contributed by atoms with Gasteiger partial charge in [0.2, 0.25) is 11.7 Å². The van der Waals surface area contributed by atoms with Gasteiger partial charge >= 0.3 is 0 Å². The zero-order chi connectivity index (χ0) is 14.2. The Morgan fingerprint density at radius 2 is 2.14 bits per heavy atom. The summed E-state index contributed by atoms with van der Waals surface area (Å²) in [6.07, 6.45) is 4.30. The molecule has 1 aromatic carbocycles. The number of nitrogens with zero attached hydrogens (tertiary/aromatic N) is 3. The van der Waals surface area contributed by atoms with Gasteiger partial charge in [-0.3, -0.25) is 4.98 Å². The van der Waals surface area contributed by atoms with Gasteiger partial charge < -0.3 is 9.84 Å². The number of halogens is 1. The molecule has 0 amide bonds. The Kier molecular flexibility index (Phi) is 2.96. The highest BCUT2D eigenvalue weighted by molar-refractivity contribution is 9.10. The molecule has 21 heavy (non-hydrogen) atoms. The number of benzene rings is 1. The fraction of sp³-hybridized carbons (Fsp3) is 0.133. The van der Waals surface area contributed by atoms with Gasteiger partial charge in [0.25, 0.3) is 0 Å². The molecule has 1 aliphatic rings. The Bertz CT molecular complexity index is 777.